The number of ether oxygens (including phenoxy) is 2. The van der Waals surface area contributed by atoms with Gasteiger partial charge in [-0.25, -0.2) is 0 Å². The van der Waals surface area contributed by atoms with Gasteiger partial charge in [0.25, 0.3) is 0 Å². The molecule has 4 atom stereocenters. The Morgan fingerprint density at radius 2 is 2.04 bits per heavy atom. The van der Waals surface area contributed by atoms with Crippen LogP contribution in [0.1, 0.15) is 30.1 Å². The van der Waals surface area contributed by atoms with Crippen molar-refractivity contribution in [3.05, 3.63) is 34.9 Å². The number of aliphatic hydroxyl groups excluding tert-OH is 2. The molecule has 1 aliphatic carbocycles. The van der Waals surface area contributed by atoms with E-state index in [1.165, 1.54) is 7.11 Å². The van der Waals surface area contributed by atoms with Crippen LogP contribution in [0.5, 0.6) is 11.5 Å². The van der Waals surface area contributed by atoms with Gasteiger partial charge in [-0.2, -0.15) is 0 Å². The van der Waals surface area contributed by atoms with Crippen LogP contribution in [0, 0.1) is 0 Å². The summed E-state index contributed by atoms with van der Waals surface area (Å²) >= 11 is 0. The van der Waals surface area contributed by atoms with Crippen molar-refractivity contribution in [2.45, 2.75) is 36.7 Å². The summed E-state index contributed by atoms with van der Waals surface area (Å²) in [5.74, 6) is 0.423. The first-order chi connectivity index (χ1) is 11.5. The minimum absolute atomic E-state index is 0.0304. The van der Waals surface area contributed by atoms with Gasteiger partial charge < -0.3 is 24.8 Å². The first kappa shape index (κ1) is 15.9. The maximum atomic E-state index is 10.6. The molecule has 4 rings (SSSR count). The molecule has 1 fully saturated rings. The van der Waals surface area contributed by atoms with Crippen molar-refractivity contribution in [3.63, 3.8) is 0 Å². The van der Waals surface area contributed by atoms with E-state index in [2.05, 4.69) is 4.90 Å². The van der Waals surface area contributed by atoms with Crippen molar-refractivity contribution in [2.24, 2.45) is 0 Å². The predicted molar refractivity (Wildman–Crippen MR) is 87.0 cm³/mol. The number of aliphatic hydroxyl groups is 2. The lowest BCUT2D eigenvalue weighted by atomic mass is 9.69. The SMILES string of the molecule is COc1cc2c(cc1O)[C@H](O)CN1CCC3=C[C@H](O)[C@H](OC)C[C@]321. The minimum atomic E-state index is -0.658. The Hall–Kier alpha value is -1.60. The summed E-state index contributed by atoms with van der Waals surface area (Å²) in [6, 6.07) is 3.43. The van der Waals surface area contributed by atoms with Crippen LogP contribution in [0.25, 0.3) is 0 Å². The summed E-state index contributed by atoms with van der Waals surface area (Å²) in [6.45, 7) is 1.33. The molecule has 3 N–H and O–H groups in total. The number of hydrogen-bond acceptors (Lipinski definition) is 6. The Bertz CT molecular complexity index is 703. The zero-order valence-electron chi connectivity index (χ0n) is 13.9. The third-order valence-corrected chi connectivity index (χ3v) is 5.82. The molecule has 0 bridgehead atoms. The number of rotatable bonds is 2. The molecule has 130 valence electrons. The third-order valence-electron chi connectivity index (χ3n) is 5.82. The summed E-state index contributed by atoms with van der Waals surface area (Å²) in [5, 5.41) is 31.0. The van der Waals surface area contributed by atoms with Crippen LogP contribution in [-0.4, -0.2) is 59.7 Å². The molecule has 24 heavy (non-hydrogen) atoms. The van der Waals surface area contributed by atoms with Gasteiger partial charge >= 0.3 is 0 Å². The quantitative estimate of drug-likeness (QED) is 0.702. The van der Waals surface area contributed by atoms with Crippen molar-refractivity contribution < 1.29 is 24.8 Å². The lowest BCUT2D eigenvalue weighted by molar-refractivity contribution is -0.0453. The average Bonchev–Trinajstić information content (AvgIpc) is 2.92. The molecule has 6 heteroatoms. The zero-order valence-corrected chi connectivity index (χ0v) is 13.9. The molecule has 0 aromatic heterocycles. The van der Waals surface area contributed by atoms with Crippen LogP contribution in [0.4, 0.5) is 0 Å². The molecule has 2 heterocycles. The summed E-state index contributed by atoms with van der Waals surface area (Å²) in [7, 11) is 3.13. The highest BCUT2D eigenvalue weighted by Crippen LogP contribution is 2.55. The normalized spacial score (nSPS) is 35.0. The van der Waals surface area contributed by atoms with E-state index < -0.39 is 17.7 Å². The second-order valence-corrected chi connectivity index (χ2v) is 6.84. The molecule has 6 nitrogen and oxygen atoms in total. The number of fused-ring (bicyclic) bond motifs is 1. The van der Waals surface area contributed by atoms with Gasteiger partial charge in [0.1, 0.15) is 0 Å². The Morgan fingerprint density at radius 3 is 2.75 bits per heavy atom. The number of aromatic hydroxyl groups is 1. The van der Waals surface area contributed by atoms with Gasteiger partial charge in [-0.05, 0) is 35.3 Å². The molecule has 1 spiro atoms. The van der Waals surface area contributed by atoms with Crippen molar-refractivity contribution in [2.75, 3.05) is 27.3 Å². The smallest absolute Gasteiger partial charge is 0.160 e. The molecule has 1 saturated heterocycles. The summed E-state index contributed by atoms with van der Waals surface area (Å²) < 4.78 is 10.8. The molecular formula is C18H23NO5. The van der Waals surface area contributed by atoms with Gasteiger partial charge in [0, 0.05) is 26.6 Å². The van der Waals surface area contributed by atoms with Crippen molar-refractivity contribution >= 4 is 0 Å². The van der Waals surface area contributed by atoms with Crippen LogP contribution >= 0.6 is 0 Å². The number of methoxy groups -OCH3 is 2. The molecule has 2 aliphatic heterocycles. The minimum Gasteiger partial charge on any atom is -0.504 e. The number of hydrogen-bond donors (Lipinski definition) is 3. The molecule has 0 radical (unpaired) electrons. The zero-order chi connectivity index (χ0) is 17.1. The van der Waals surface area contributed by atoms with E-state index in [-0.39, 0.29) is 11.9 Å². The Morgan fingerprint density at radius 1 is 1.25 bits per heavy atom. The van der Waals surface area contributed by atoms with Gasteiger partial charge in [0.15, 0.2) is 11.5 Å². The second kappa shape index (κ2) is 5.46. The largest absolute Gasteiger partial charge is 0.504 e. The van der Waals surface area contributed by atoms with E-state index in [0.29, 0.717) is 18.7 Å². The maximum Gasteiger partial charge on any atom is 0.160 e. The highest BCUT2D eigenvalue weighted by atomic mass is 16.5. The topological polar surface area (TPSA) is 82.4 Å². The Kier molecular flexibility index (Phi) is 3.61. The molecule has 1 aromatic rings. The van der Waals surface area contributed by atoms with Gasteiger partial charge in [0.2, 0.25) is 0 Å². The summed E-state index contributed by atoms with van der Waals surface area (Å²) in [4.78, 5) is 2.26. The Labute approximate surface area is 140 Å². The first-order valence-corrected chi connectivity index (χ1v) is 8.27. The fourth-order valence-corrected chi connectivity index (χ4v) is 4.68. The molecule has 0 saturated carbocycles. The standard InChI is InChI=1S/C18H23NO5/c1-23-16-7-12-11(6-14(16)21)15(22)9-19-4-3-10-5-13(20)17(24-2)8-18(10,12)19/h5-7,13,15,17,20-22H,3-4,8-9H2,1-2H3/t13-,15+,17+,18-/m0/s1. The van der Waals surface area contributed by atoms with E-state index >= 15 is 0 Å². The van der Waals surface area contributed by atoms with Gasteiger partial charge in [0.05, 0.1) is 31.0 Å². The van der Waals surface area contributed by atoms with E-state index in [0.717, 1.165) is 29.7 Å². The van der Waals surface area contributed by atoms with Crippen LogP contribution in [-0.2, 0) is 10.3 Å². The fourth-order valence-electron chi connectivity index (χ4n) is 4.68. The first-order valence-electron chi connectivity index (χ1n) is 8.27. The fraction of sp³-hybridized carbons (Fsp3) is 0.556. The highest BCUT2D eigenvalue weighted by molar-refractivity contribution is 5.55. The maximum absolute atomic E-state index is 10.6. The second-order valence-electron chi connectivity index (χ2n) is 6.84. The van der Waals surface area contributed by atoms with E-state index in [1.54, 1.807) is 13.2 Å². The average molecular weight is 333 g/mol. The molecular weight excluding hydrogens is 310 g/mol. The van der Waals surface area contributed by atoms with Crippen molar-refractivity contribution in [1.82, 2.24) is 4.90 Å². The van der Waals surface area contributed by atoms with E-state index in [4.69, 9.17) is 9.47 Å². The summed E-state index contributed by atoms with van der Waals surface area (Å²) in [6.07, 6.45) is 1.78. The van der Waals surface area contributed by atoms with Crippen LogP contribution in [0.15, 0.2) is 23.8 Å². The highest BCUT2D eigenvalue weighted by Gasteiger charge is 2.55. The predicted octanol–water partition coefficient (Wildman–Crippen LogP) is 1.05. The molecule has 0 unspecified atom stereocenters. The van der Waals surface area contributed by atoms with Gasteiger partial charge in [-0.3, -0.25) is 4.90 Å². The van der Waals surface area contributed by atoms with Crippen LogP contribution in [0.3, 0.4) is 0 Å². The van der Waals surface area contributed by atoms with E-state index in [1.807, 2.05) is 12.1 Å². The number of nitrogens with zero attached hydrogens (tertiary/aromatic N) is 1. The summed E-state index contributed by atoms with van der Waals surface area (Å²) in [5.41, 5.74) is 2.41. The number of benzene rings is 1. The van der Waals surface area contributed by atoms with Crippen molar-refractivity contribution in [3.8, 4) is 11.5 Å². The Balaban J connectivity index is 1.95. The molecule has 3 aliphatic rings. The van der Waals surface area contributed by atoms with Crippen molar-refractivity contribution in [1.29, 1.82) is 0 Å². The van der Waals surface area contributed by atoms with Gasteiger partial charge in [-0.1, -0.05) is 6.08 Å². The monoisotopic (exact) mass is 333 g/mol. The number of phenolic OH excluding ortho intramolecular Hbond substituents is 1. The lowest BCUT2D eigenvalue weighted by Gasteiger charge is -2.50. The van der Waals surface area contributed by atoms with E-state index in [9.17, 15) is 15.3 Å². The molecule has 1 aromatic carbocycles. The van der Waals surface area contributed by atoms with Crippen LogP contribution < -0.4 is 4.74 Å². The van der Waals surface area contributed by atoms with Gasteiger partial charge in [-0.15, -0.1) is 0 Å². The third kappa shape index (κ3) is 1.97. The number of phenols is 1. The van der Waals surface area contributed by atoms with Crippen LogP contribution in [0.2, 0.25) is 0 Å². The molecule has 0 amide bonds. The lowest BCUT2D eigenvalue weighted by Crippen LogP contribution is -2.53.